The van der Waals surface area contributed by atoms with Gasteiger partial charge in [-0.3, -0.25) is 14.1 Å². The summed E-state index contributed by atoms with van der Waals surface area (Å²) in [6.45, 7) is 2.25. The standard InChI is InChI=1S/C19H27FN6O3S2/c1-13-21-24(4)18(30-13)26-16-11-14(31(28,29)22-19(12-20)7-8-19)5-6-15(16)25(17(26)27)10-9-23(2)3/h5-6,11,18,22H,7-10,12H2,1-4H3. The van der Waals surface area contributed by atoms with Crippen molar-refractivity contribution in [2.24, 2.45) is 5.10 Å². The maximum absolute atomic E-state index is 13.4. The van der Waals surface area contributed by atoms with E-state index in [1.807, 2.05) is 25.9 Å². The van der Waals surface area contributed by atoms with E-state index in [1.165, 1.54) is 23.9 Å². The number of hydrogen-bond acceptors (Lipinski definition) is 7. The van der Waals surface area contributed by atoms with Crippen LogP contribution in [0.3, 0.4) is 0 Å². The second-order valence-corrected chi connectivity index (χ2v) is 11.3. The molecule has 1 N–H and O–H groups in total. The van der Waals surface area contributed by atoms with Crippen molar-refractivity contribution in [3.05, 3.63) is 28.7 Å². The van der Waals surface area contributed by atoms with E-state index in [0.717, 1.165) is 5.04 Å². The fourth-order valence-electron chi connectivity index (χ4n) is 3.66. The van der Waals surface area contributed by atoms with Gasteiger partial charge in [0.2, 0.25) is 10.0 Å². The number of thioether (sulfide) groups is 1. The van der Waals surface area contributed by atoms with Gasteiger partial charge < -0.3 is 4.90 Å². The summed E-state index contributed by atoms with van der Waals surface area (Å²) in [6, 6.07) is 4.63. The first-order valence-electron chi connectivity index (χ1n) is 10.0. The molecule has 2 heterocycles. The van der Waals surface area contributed by atoms with Crippen LogP contribution in [0.2, 0.25) is 0 Å². The molecule has 31 heavy (non-hydrogen) atoms. The Bertz CT molecular complexity index is 1200. The van der Waals surface area contributed by atoms with Gasteiger partial charge in [-0.05, 0) is 52.1 Å². The molecule has 0 amide bonds. The molecule has 1 aliphatic carbocycles. The maximum atomic E-state index is 13.4. The fourth-order valence-corrected chi connectivity index (χ4v) is 6.11. The summed E-state index contributed by atoms with van der Waals surface area (Å²) in [5, 5.41) is 6.89. The van der Waals surface area contributed by atoms with Crippen molar-refractivity contribution in [2.45, 2.75) is 42.2 Å². The SMILES string of the molecule is CC1=NN(C)C(n2c(=O)n(CCN(C)C)c3ccc(S(=O)(=O)NC4(CF)CC4)cc32)S1. The summed E-state index contributed by atoms with van der Waals surface area (Å²) < 4.78 is 44.9. The number of rotatable bonds is 8. The normalized spacial score (nSPS) is 20.6. The van der Waals surface area contributed by atoms with Gasteiger partial charge in [-0.15, -0.1) is 0 Å². The molecular weight excluding hydrogens is 443 g/mol. The monoisotopic (exact) mass is 470 g/mol. The third kappa shape index (κ3) is 4.13. The quantitative estimate of drug-likeness (QED) is 0.630. The first-order valence-corrected chi connectivity index (χ1v) is 12.4. The lowest BCUT2D eigenvalue weighted by molar-refractivity contribution is 0.278. The van der Waals surface area contributed by atoms with Crippen LogP contribution in [0.4, 0.5) is 4.39 Å². The number of aromatic nitrogens is 2. The minimum atomic E-state index is -3.92. The molecule has 0 bridgehead atoms. The van der Waals surface area contributed by atoms with Crippen LogP contribution in [0.1, 0.15) is 25.3 Å². The van der Waals surface area contributed by atoms with E-state index < -0.39 is 27.7 Å². The number of hydrazone groups is 1. The predicted molar refractivity (Wildman–Crippen MR) is 121 cm³/mol. The van der Waals surface area contributed by atoms with E-state index >= 15 is 0 Å². The molecule has 2 aromatic rings. The van der Waals surface area contributed by atoms with Gasteiger partial charge in [0.25, 0.3) is 0 Å². The molecule has 1 aromatic heterocycles. The highest BCUT2D eigenvalue weighted by molar-refractivity contribution is 8.14. The molecule has 9 nitrogen and oxygen atoms in total. The molecule has 2 aliphatic rings. The van der Waals surface area contributed by atoms with Gasteiger partial charge in [-0.1, -0.05) is 11.8 Å². The highest BCUT2D eigenvalue weighted by Gasteiger charge is 2.46. The largest absolute Gasteiger partial charge is 0.331 e. The Morgan fingerprint density at radius 1 is 1.32 bits per heavy atom. The van der Waals surface area contributed by atoms with Gasteiger partial charge in [0, 0.05) is 20.1 Å². The van der Waals surface area contributed by atoms with Gasteiger partial charge >= 0.3 is 5.69 Å². The van der Waals surface area contributed by atoms with E-state index in [1.54, 1.807) is 27.3 Å². The molecule has 0 spiro atoms. The van der Waals surface area contributed by atoms with Gasteiger partial charge in [-0.2, -0.15) is 5.10 Å². The minimum absolute atomic E-state index is 0.0153. The van der Waals surface area contributed by atoms with E-state index in [-0.39, 0.29) is 10.6 Å². The number of nitrogens with zero attached hydrogens (tertiary/aromatic N) is 5. The van der Waals surface area contributed by atoms with Crippen LogP contribution in [-0.4, -0.2) is 72.4 Å². The summed E-state index contributed by atoms with van der Waals surface area (Å²) in [5.41, 5.74) is -0.475. The lowest BCUT2D eigenvalue weighted by Crippen LogP contribution is -2.38. The number of alkyl halides is 1. The first kappa shape index (κ1) is 22.3. The van der Waals surface area contributed by atoms with Gasteiger partial charge in [-0.25, -0.2) is 22.3 Å². The molecule has 1 atom stereocenters. The van der Waals surface area contributed by atoms with Crippen LogP contribution < -0.4 is 10.4 Å². The number of sulfonamides is 1. The lowest BCUT2D eigenvalue weighted by atomic mass is 10.3. The van der Waals surface area contributed by atoms with Crippen molar-refractivity contribution in [3.8, 4) is 0 Å². The van der Waals surface area contributed by atoms with Crippen LogP contribution in [0.15, 0.2) is 33.0 Å². The molecule has 1 aromatic carbocycles. The first-order chi connectivity index (χ1) is 14.6. The van der Waals surface area contributed by atoms with Crippen LogP contribution in [0.25, 0.3) is 11.0 Å². The average Bonchev–Trinajstić information content (AvgIpc) is 3.30. The van der Waals surface area contributed by atoms with E-state index in [9.17, 15) is 17.6 Å². The molecule has 12 heteroatoms. The van der Waals surface area contributed by atoms with E-state index in [2.05, 4.69) is 9.82 Å². The number of likely N-dealkylation sites (N-methyl/N-ethyl adjacent to an activating group) is 1. The second-order valence-electron chi connectivity index (χ2n) is 8.41. The zero-order valence-electron chi connectivity index (χ0n) is 18.0. The van der Waals surface area contributed by atoms with Crippen LogP contribution in [-0.2, 0) is 16.6 Å². The minimum Gasteiger partial charge on any atom is -0.308 e. The number of halogens is 1. The zero-order chi connectivity index (χ0) is 22.6. The van der Waals surface area contributed by atoms with Crippen LogP contribution in [0.5, 0.6) is 0 Å². The summed E-state index contributed by atoms with van der Waals surface area (Å²) in [5.74, 6) is 0. The smallest absolute Gasteiger partial charge is 0.308 e. The van der Waals surface area contributed by atoms with E-state index in [4.69, 9.17) is 0 Å². The lowest BCUT2D eigenvalue weighted by Gasteiger charge is -2.19. The topological polar surface area (TPSA) is 91.9 Å². The molecule has 4 rings (SSSR count). The van der Waals surface area contributed by atoms with Gasteiger partial charge in [0.15, 0.2) is 5.50 Å². The van der Waals surface area contributed by atoms with Crippen molar-refractivity contribution in [1.82, 2.24) is 23.8 Å². The predicted octanol–water partition coefficient (Wildman–Crippen LogP) is 1.61. The molecular formula is C19H27FN6O3S2. The molecule has 1 saturated carbocycles. The highest BCUT2D eigenvalue weighted by atomic mass is 32.2. The van der Waals surface area contributed by atoms with Crippen molar-refractivity contribution >= 4 is 37.9 Å². The number of benzene rings is 1. The fraction of sp³-hybridized carbons (Fsp3) is 0.579. The number of hydrogen-bond donors (Lipinski definition) is 1. The Labute approximate surface area is 184 Å². The molecule has 0 saturated heterocycles. The highest BCUT2D eigenvalue weighted by Crippen LogP contribution is 2.38. The molecule has 1 aliphatic heterocycles. The summed E-state index contributed by atoms with van der Waals surface area (Å²) in [4.78, 5) is 15.4. The van der Waals surface area contributed by atoms with Crippen molar-refractivity contribution in [2.75, 3.05) is 34.4 Å². The molecule has 1 fully saturated rings. The van der Waals surface area contributed by atoms with Crippen molar-refractivity contribution in [1.29, 1.82) is 0 Å². The molecule has 170 valence electrons. The van der Waals surface area contributed by atoms with Crippen molar-refractivity contribution < 1.29 is 12.8 Å². The maximum Gasteiger partial charge on any atom is 0.331 e. The molecule has 1 unspecified atom stereocenters. The van der Waals surface area contributed by atoms with E-state index in [0.29, 0.717) is 37.0 Å². The summed E-state index contributed by atoms with van der Waals surface area (Å²) in [6.07, 6.45) is 0.966. The Balaban J connectivity index is 1.83. The van der Waals surface area contributed by atoms with Crippen LogP contribution in [0, 0.1) is 0 Å². The number of nitrogens with one attached hydrogen (secondary N) is 1. The molecule has 0 radical (unpaired) electrons. The van der Waals surface area contributed by atoms with Crippen molar-refractivity contribution in [3.63, 3.8) is 0 Å². The average molecular weight is 471 g/mol. The third-order valence-corrected chi connectivity index (χ3v) is 8.32. The Morgan fingerprint density at radius 3 is 2.58 bits per heavy atom. The van der Waals surface area contributed by atoms with Gasteiger partial charge in [0.1, 0.15) is 6.67 Å². The van der Waals surface area contributed by atoms with Crippen LogP contribution >= 0.6 is 11.8 Å². The number of fused-ring (bicyclic) bond motifs is 1. The second kappa shape index (κ2) is 7.91. The number of imidazole rings is 1. The Kier molecular flexibility index (Phi) is 5.69. The summed E-state index contributed by atoms with van der Waals surface area (Å²) in [7, 11) is 1.71. The summed E-state index contributed by atoms with van der Waals surface area (Å²) >= 11 is 1.43. The zero-order valence-corrected chi connectivity index (χ0v) is 19.6. The Hall–Kier alpha value is -1.89. The Morgan fingerprint density at radius 2 is 2.03 bits per heavy atom. The third-order valence-electron chi connectivity index (χ3n) is 5.59. The van der Waals surface area contributed by atoms with Gasteiger partial charge in [0.05, 0.1) is 26.5 Å².